The van der Waals surface area contributed by atoms with Crippen molar-refractivity contribution < 1.29 is 13.2 Å². The van der Waals surface area contributed by atoms with Crippen molar-refractivity contribution in [2.45, 2.75) is 45.4 Å². The smallest absolute Gasteiger partial charge is 0.217 e. The minimum Gasteiger partial charge on any atom is -0.381 e. The lowest BCUT2D eigenvalue weighted by Gasteiger charge is -2.40. The van der Waals surface area contributed by atoms with E-state index in [4.69, 9.17) is 4.74 Å². The van der Waals surface area contributed by atoms with Crippen LogP contribution in [-0.4, -0.2) is 32.7 Å². The van der Waals surface area contributed by atoms with Crippen LogP contribution in [0.2, 0.25) is 0 Å². The fraction of sp³-hybridized carbons (Fsp3) is 0.769. The van der Waals surface area contributed by atoms with E-state index in [1.807, 2.05) is 6.92 Å². The zero-order chi connectivity index (χ0) is 14.8. The molecule has 0 spiro atoms. The summed E-state index contributed by atoms with van der Waals surface area (Å²) in [4.78, 5) is 4.22. The van der Waals surface area contributed by atoms with Gasteiger partial charge in [0.05, 0.1) is 17.3 Å². The van der Waals surface area contributed by atoms with E-state index in [1.54, 1.807) is 5.38 Å². The first kappa shape index (κ1) is 15.9. The zero-order valence-corrected chi connectivity index (χ0v) is 13.8. The van der Waals surface area contributed by atoms with Gasteiger partial charge in [0.2, 0.25) is 10.0 Å². The molecule has 0 bridgehead atoms. The van der Waals surface area contributed by atoms with Crippen LogP contribution in [0, 0.1) is 12.3 Å². The quantitative estimate of drug-likeness (QED) is 0.902. The van der Waals surface area contributed by atoms with Gasteiger partial charge in [-0.25, -0.2) is 18.1 Å². The van der Waals surface area contributed by atoms with Crippen LogP contribution >= 0.6 is 11.3 Å². The lowest BCUT2D eigenvalue weighted by Crippen LogP contribution is -2.51. The number of aromatic nitrogens is 1. The molecular formula is C13H22N2O3S2. The molecule has 0 aliphatic carbocycles. The largest absolute Gasteiger partial charge is 0.381 e. The maximum absolute atomic E-state index is 12.3. The van der Waals surface area contributed by atoms with E-state index >= 15 is 0 Å². The SMILES string of the molecule is CCC1(C)COCCC1NS(=O)(=O)Cc1csc(C)n1. The number of nitrogens with one attached hydrogen (secondary N) is 1. The van der Waals surface area contributed by atoms with Crippen molar-refractivity contribution in [2.24, 2.45) is 5.41 Å². The van der Waals surface area contributed by atoms with Crippen LogP contribution in [0.4, 0.5) is 0 Å². The van der Waals surface area contributed by atoms with Crippen LogP contribution in [0.5, 0.6) is 0 Å². The summed E-state index contributed by atoms with van der Waals surface area (Å²) < 4.78 is 32.9. The maximum atomic E-state index is 12.3. The average molecular weight is 318 g/mol. The van der Waals surface area contributed by atoms with Crippen molar-refractivity contribution in [3.63, 3.8) is 0 Å². The molecule has 20 heavy (non-hydrogen) atoms. The minimum atomic E-state index is -3.36. The lowest BCUT2D eigenvalue weighted by atomic mass is 9.78. The van der Waals surface area contributed by atoms with Crippen LogP contribution in [0.25, 0.3) is 0 Å². The number of sulfonamides is 1. The molecule has 1 saturated heterocycles. The third-order valence-corrected chi connectivity index (χ3v) is 6.10. The molecule has 5 nitrogen and oxygen atoms in total. The number of rotatable bonds is 5. The predicted molar refractivity (Wildman–Crippen MR) is 80.2 cm³/mol. The van der Waals surface area contributed by atoms with Gasteiger partial charge in [0.25, 0.3) is 0 Å². The van der Waals surface area contributed by atoms with Crippen molar-refractivity contribution >= 4 is 21.4 Å². The van der Waals surface area contributed by atoms with Gasteiger partial charge in [0.1, 0.15) is 5.75 Å². The van der Waals surface area contributed by atoms with Gasteiger partial charge in [0.15, 0.2) is 0 Å². The average Bonchev–Trinajstić information content (AvgIpc) is 2.76. The minimum absolute atomic E-state index is 0.0471. The number of nitrogens with zero attached hydrogens (tertiary/aromatic N) is 1. The highest BCUT2D eigenvalue weighted by atomic mass is 32.2. The summed E-state index contributed by atoms with van der Waals surface area (Å²) >= 11 is 1.47. The zero-order valence-electron chi connectivity index (χ0n) is 12.2. The second-order valence-electron chi connectivity index (χ2n) is 5.64. The highest BCUT2D eigenvalue weighted by Crippen LogP contribution is 2.32. The number of thiazole rings is 1. The van der Waals surface area contributed by atoms with Crippen molar-refractivity contribution in [1.82, 2.24) is 9.71 Å². The molecule has 114 valence electrons. The Bertz CT molecular complexity index is 556. The number of ether oxygens (including phenoxy) is 1. The summed E-state index contributed by atoms with van der Waals surface area (Å²) in [6.07, 6.45) is 1.61. The van der Waals surface area contributed by atoms with Crippen LogP contribution < -0.4 is 4.72 Å². The molecule has 1 N–H and O–H groups in total. The van der Waals surface area contributed by atoms with Crippen molar-refractivity contribution in [3.05, 3.63) is 16.1 Å². The number of aryl methyl sites for hydroxylation is 1. The highest BCUT2D eigenvalue weighted by molar-refractivity contribution is 7.88. The molecule has 2 atom stereocenters. The third-order valence-electron chi connectivity index (χ3n) is 3.96. The van der Waals surface area contributed by atoms with Gasteiger partial charge in [0, 0.05) is 23.4 Å². The summed E-state index contributed by atoms with van der Waals surface area (Å²) in [5.74, 6) is -0.0471. The van der Waals surface area contributed by atoms with Gasteiger partial charge < -0.3 is 4.74 Å². The van der Waals surface area contributed by atoms with Crippen LogP contribution in [-0.2, 0) is 20.5 Å². The van der Waals surface area contributed by atoms with E-state index in [9.17, 15) is 8.42 Å². The Morgan fingerprint density at radius 3 is 2.95 bits per heavy atom. The van der Waals surface area contributed by atoms with Gasteiger partial charge >= 0.3 is 0 Å². The highest BCUT2D eigenvalue weighted by Gasteiger charge is 2.38. The van der Waals surface area contributed by atoms with Crippen LogP contribution in [0.3, 0.4) is 0 Å². The molecule has 2 heterocycles. The Kier molecular flexibility index (Phi) is 4.84. The Hall–Kier alpha value is -0.500. The van der Waals surface area contributed by atoms with Gasteiger partial charge in [-0.15, -0.1) is 11.3 Å². The van der Waals surface area contributed by atoms with Gasteiger partial charge in [-0.3, -0.25) is 0 Å². The van der Waals surface area contributed by atoms with Gasteiger partial charge in [-0.05, 0) is 19.8 Å². The van der Waals surface area contributed by atoms with Crippen molar-refractivity contribution in [1.29, 1.82) is 0 Å². The topological polar surface area (TPSA) is 68.3 Å². The monoisotopic (exact) mass is 318 g/mol. The van der Waals surface area contributed by atoms with E-state index in [0.29, 0.717) is 18.9 Å². The molecule has 1 aliphatic rings. The molecule has 1 fully saturated rings. The molecule has 0 saturated carbocycles. The molecule has 2 rings (SSSR count). The molecule has 1 aromatic rings. The first-order valence-corrected chi connectivity index (χ1v) is 9.36. The fourth-order valence-corrected chi connectivity index (χ4v) is 4.61. The van der Waals surface area contributed by atoms with Crippen molar-refractivity contribution in [2.75, 3.05) is 13.2 Å². The standard InChI is InChI=1S/C13H22N2O3S2/c1-4-13(3)9-18-6-5-12(13)15-20(16,17)8-11-7-19-10(2)14-11/h7,12,15H,4-6,8-9H2,1-3H3. The molecule has 7 heteroatoms. The number of hydrogen-bond acceptors (Lipinski definition) is 5. The molecule has 0 radical (unpaired) electrons. The first-order chi connectivity index (χ1) is 9.35. The van der Waals surface area contributed by atoms with E-state index in [0.717, 1.165) is 17.8 Å². The molecule has 0 aromatic carbocycles. The Balaban J connectivity index is 2.07. The maximum Gasteiger partial charge on any atom is 0.217 e. The molecule has 0 amide bonds. The molecule has 2 unspecified atom stereocenters. The normalized spacial score (nSPS) is 27.6. The van der Waals surface area contributed by atoms with E-state index in [-0.39, 0.29) is 17.2 Å². The third kappa shape index (κ3) is 3.78. The van der Waals surface area contributed by atoms with E-state index < -0.39 is 10.0 Å². The Morgan fingerprint density at radius 2 is 2.35 bits per heavy atom. The van der Waals surface area contributed by atoms with Crippen molar-refractivity contribution in [3.8, 4) is 0 Å². The summed E-state index contributed by atoms with van der Waals surface area (Å²) in [7, 11) is -3.36. The fourth-order valence-electron chi connectivity index (χ4n) is 2.43. The van der Waals surface area contributed by atoms with E-state index in [1.165, 1.54) is 11.3 Å². The second kappa shape index (κ2) is 6.09. The molecule has 1 aliphatic heterocycles. The summed E-state index contributed by atoms with van der Waals surface area (Å²) in [5, 5.41) is 2.69. The van der Waals surface area contributed by atoms with E-state index in [2.05, 4.69) is 23.6 Å². The predicted octanol–water partition coefficient (Wildman–Crippen LogP) is 2.08. The summed E-state index contributed by atoms with van der Waals surface area (Å²) in [6, 6.07) is -0.0639. The van der Waals surface area contributed by atoms with Crippen LogP contribution in [0.15, 0.2) is 5.38 Å². The first-order valence-electron chi connectivity index (χ1n) is 6.83. The second-order valence-corrected chi connectivity index (χ2v) is 8.45. The number of hydrogen-bond donors (Lipinski definition) is 1. The Labute approximate surface area is 124 Å². The Morgan fingerprint density at radius 1 is 1.60 bits per heavy atom. The van der Waals surface area contributed by atoms with Crippen LogP contribution in [0.1, 0.15) is 37.4 Å². The molecule has 1 aromatic heterocycles. The lowest BCUT2D eigenvalue weighted by molar-refractivity contribution is -0.0189. The summed E-state index contributed by atoms with van der Waals surface area (Å²) in [6.45, 7) is 7.23. The summed E-state index contributed by atoms with van der Waals surface area (Å²) in [5.41, 5.74) is 0.480. The molecular weight excluding hydrogens is 296 g/mol. The van der Waals surface area contributed by atoms with Gasteiger partial charge in [-0.2, -0.15) is 0 Å². The van der Waals surface area contributed by atoms with Gasteiger partial charge in [-0.1, -0.05) is 13.8 Å².